The van der Waals surface area contributed by atoms with Gasteiger partial charge in [0.25, 0.3) is 20.2 Å². The molecule has 0 aliphatic carbocycles. The zero-order chi connectivity index (χ0) is 41.9. The molecular weight excluding hydrogens is 847 g/mol. The number of rotatable bonds is 16. The van der Waals surface area contributed by atoms with Crippen molar-refractivity contribution in [3.05, 3.63) is 88.8 Å². The van der Waals surface area contributed by atoms with Gasteiger partial charge in [-0.15, -0.1) is 21.6 Å². The summed E-state index contributed by atoms with van der Waals surface area (Å²) in [6.45, 7) is 5.69. The van der Waals surface area contributed by atoms with Gasteiger partial charge < -0.3 is 10.6 Å². The number of anilines is 2. The van der Waals surface area contributed by atoms with Gasteiger partial charge in [-0.25, -0.2) is 22.6 Å². The van der Waals surface area contributed by atoms with Crippen molar-refractivity contribution in [2.75, 3.05) is 30.3 Å². The number of pyridine rings is 1. The number of aromatic nitrogens is 2. The molecule has 5 N–H and O–H groups in total. The fourth-order valence-electron chi connectivity index (χ4n) is 5.34. The van der Waals surface area contributed by atoms with Crippen molar-refractivity contribution in [3.8, 4) is 16.6 Å². The number of hydrogen-bond donors (Lipinski definition) is 5. The Morgan fingerprint density at radius 1 is 0.877 bits per heavy atom. The minimum absolute atomic E-state index is 0.0174. The zero-order valence-electron chi connectivity index (χ0n) is 29.6. The van der Waals surface area contributed by atoms with Crippen LogP contribution < -0.4 is 10.6 Å². The summed E-state index contributed by atoms with van der Waals surface area (Å²) in [6.07, 6.45) is 0.322. The lowest BCUT2D eigenvalue weighted by Crippen LogP contribution is -2.16. The molecule has 24 heteroatoms. The van der Waals surface area contributed by atoms with E-state index in [1.54, 1.807) is 12.1 Å². The molecule has 5 aromatic rings. The highest BCUT2D eigenvalue weighted by Gasteiger charge is 2.24. The predicted octanol–water partition coefficient (Wildman–Crippen LogP) is 5.56. The monoisotopic (exact) mass is 877 g/mol. The van der Waals surface area contributed by atoms with Crippen molar-refractivity contribution < 1.29 is 51.5 Å². The fourth-order valence-corrected chi connectivity index (χ4v) is 9.30. The standard InChI is InChI=1S/C33H31N7O12S5/c1-4-54(41,42)23-9-6-21(7-10-23)13-14-35-32-28(20(3)24(18-34)31(38-32)36-15-16-52-57(49,50)51)40-39-25-12-8-22(17-27(25)55(43,44)45)33-37-26-11-5-19(2)30(29(26)53-33)56(46,47)48/h4-12,17H,1,13-16H2,2-3H3,(H2,35,36,38)(H,43,44,45)(H,46,47,48)(H,49,50,51). The van der Waals surface area contributed by atoms with Gasteiger partial charge in [0.2, 0.25) is 0 Å². The first kappa shape index (κ1) is 42.9. The fraction of sp³-hybridized carbons (Fsp3) is 0.182. The van der Waals surface area contributed by atoms with Gasteiger partial charge >= 0.3 is 10.4 Å². The van der Waals surface area contributed by atoms with Gasteiger partial charge in [0.05, 0.1) is 27.3 Å². The van der Waals surface area contributed by atoms with E-state index in [-0.39, 0.29) is 83.4 Å². The topological polar surface area (TPSA) is 305 Å². The van der Waals surface area contributed by atoms with Crippen LogP contribution in [0.5, 0.6) is 0 Å². The molecule has 0 radical (unpaired) electrons. The van der Waals surface area contributed by atoms with E-state index >= 15 is 0 Å². The molecule has 5 rings (SSSR count). The third-order valence-corrected chi connectivity index (χ3v) is 13.1. The number of thiazole rings is 1. The maximum Gasteiger partial charge on any atom is 0.397 e. The summed E-state index contributed by atoms with van der Waals surface area (Å²) < 4.78 is 129. The van der Waals surface area contributed by atoms with Crippen molar-refractivity contribution >= 4 is 85.0 Å². The number of fused-ring (bicyclic) bond motifs is 1. The Balaban J connectivity index is 1.53. The summed E-state index contributed by atoms with van der Waals surface area (Å²) in [5.74, 6) is -0.0238. The zero-order valence-corrected chi connectivity index (χ0v) is 33.7. The lowest BCUT2D eigenvalue weighted by molar-refractivity contribution is 0.278. The van der Waals surface area contributed by atoms with E-state index < -0.39 is 52.0 Å². The lowest BCUT2D eigenvalue weighted by Gasteiger charge is -2.16. The molecule has 0 saturated carbocycles. The summed E-state index contributed by atoms with van der Waals surface area (Å²) in [7, 11) is -18.0. The molecule has 0 amide bonds. The summed E-state index contributed by atoms with van der Waals surface area (Å²) >= 11 is 0.865. The van der Waals surface area contributed by atoms with Crippen LogP contribution >= 0.6 is 11.3 Å². The Kier molecular flexibility index (Phi) is 12.6. The van der Waals surface area contributed by atoms with E-state index in [0.29, 0.717) is 6.42 Å². The number of nitrogens with one attached hydrogen (secondary N) is 2. The van der Waals surface area contributed by atoms with Crippen LogP contribution in [-0.4, -0.2) is 77.0 Å². The Morgan fingerprint density at radius 3 is 2.18 bits per heavy atom. The number of azo groups is 1. The van der Waals surface area contributed by atoms with Gasteiger partial charge in [-0.1, -0.05) is 24.8 Å². The summed E-state index contributed by atoms with van der Waals surface area (Å²) in [4.78, 5) is 7.81. The number of nitrogens with zero attached hydrogens (tertiary/aromatic N) is 5. The smallest absolute Gasteiger partial charge is 0.368 e. The van der Waals surface area contributed by atoms with Crippen LogP contribution in [0.3, 0.4) is 0 Å². The Labute approximate surface area is 331 Å². The Hall–Kier alpha value is -5.23. The predicted molar refractivity (Wildman–Crippen MR) is 209 cm³/mol. The second-order valence-corrected chi connectivity index (χ2v) is 18.6. The van der Waals surface area contributed by atoms with Gasteiger partial charge in [-0.3, -0.25) is 13.7 Å². The van der Waals surface area contributed by atoms with Crippen LogP contribution in [0.1, 0.15) is 22.3 Å². The van der Waals surface area contributed by atoms with Gasteiger partial charge in [0, 0.05) is 29.6 Å². The van der Waals surface area contributed by atoms with E-state index in [9.17, 15) is 48.0 Å². The van der Waals surface area contributed by atoms with Crippen molar-refractivity contribution in [3.63, 3.8) is 0 Å². The molecule has 0 unspecified atom stereocenters. The molecule has 0 atom stereocenters. The minimum atomic E-state index is -4.98. The maximum absolute atomic E-state index is 12.6. The number of sulfone groups is 1. The first-order valence-electron chi connectivity index (χ1n) is 16.0. The normalized spacial score (nSPS) is 12.5. The SMILES string of the molecule is C=CS(=O)(=O)c1ccc(CCNc2nc(NCCOS(=O)(=O)O)c(C#N)c(C)c2N=Nc2ccc(-c3nc4ccc(C)c(S(=O)(=O)O)c4s3)cc2S(=O)(=O)O)cc1. The van der Waals surface area contributed by atoms with Crippen LogP contribution in [0.25, 0.3) is 20.8 Å². The average Bonchev–Trinajstić information content (AvgIpc) is 3.56. The van der Waals surface area contributed by atoms with E-state index in [2.05, 4.69) is 41.6 Å². The first-order valence-corrected chi connectivity index (χ1v) is 22.7. The molecule has 0 spiro atoms. The quantitative estimate of drug-likeness (QED) is 0.0460. The van der Waals surface area contributed by atoms with Crippen molar-refractivity contribution in [1.82, 2.24) is 9.97 Å². The number of benzene rings is 3. The van der Waals surface area contributed by atoms with E-state index in [1.165, 1.54) is 50.2 Å². The average molecular weight is 878 g/mol. The molecule has 0 bridgehead atoms. The van der Waals surface area contributed by atoms with E-state index in [1.807, 2.05) is 6.07 Å². The molecule has 0 aliphatic rings. The summed E-state index contributed by atoms with van der Waals surface area (Å²) in [6, 6.07) is 14.7. The molecule has 0 aliphatic heterocycles. The first-order chi connectivity index (χ1) is 26.6. The summed E-state index contributed by atoms with van der Waals surface area (Å²) in [5.41, 5.74) is 1.07. The lowest BCUT2D eigenvalue weighted by atomic mass is 10.1. The number of aryl methyl sites for hydroxylation is 1. The molecule has 19 nitrogen and oxygen atoms in total. The second kappa shape index (κ2) is 16.7. The molecule has 300 valence electrons. The van der Waals surface area contributed by atoms with Gasteiger partial charge in [0.15, 0.2) is 15.7 Å². The van der Waals surface area contributed by atoms with Crippen LogP contribution in [0.15, 0.2) is 91.5 Å². The van der Waals surface area contributed by atoms with E-state index in [0.717, 1.165) is 28.4 Å². The number of nitriles is 1. The van der Waals surface area contributed by atoms with E-state index in [4.69, 9.17) is 4.55 Å². The van der Waals surface area contributed by atoms with Gasteiger partial charge in [-0.2, -0.15) is 30.5 Å². The molecular formula is C33H31N7O12S5. The largest absolute Gasteiger partial charge is 0.397 e. The molecule has 0 fully saturated rings. The van der Waals surface area contributed by atoms with Gasteiger partial charge in [-0.05, 0) is 67.8 Å². The van der Waals surface area contributed by atoms with Crippen LogP contribution in [0.4, 0.5) is 23.0 Å². The maximum atomic E-state index is 12.6. The highest BCUT2D eigenvalue weighted by Crippen LogP contribution is 2.40. The van der Waals surface area contributed by atoms with Crippen LogP contribution in [0, 0.1) is 25.2 Å². The van der Waals surface area contributed by atoms with Crippen LogP contribution in [0.2, 0.25) is 0 Å². The highest BCUT2D eigenvalue weighted by molar-refractivity contribution is 7.94. The Morgan fingerprint density at radius 2 is 1.56 bits per heavy atom. The van der Waals surface area contributed by atoms with Crippen molar-refractivity contribution in [2.24, 2.45) is 10.2 Å². The third-order valence-electron chi connectivity index (χ3n) is 8.04. The van der Waals surface area contributed by atoms with Gasteiger partial charge in [0.1, 0.15) is 38.1 Å². The third kappa shape index (κ3) is 10.2. The minimum Gasteiger partial charge on any atom is -0.368 e. The second-order valence-electron chi connectivity index (χ2n) is 11.9. The molecule has 2 aromatic heterocycles. The molecule has 0 saturated heterocycles. The van der Waals surface area contributed by atoms with Crippen molar-refractivity contribution in [1.29, 1.82) is 5.26 Å². The van der Waals surface area contributed by atoms with Crippen LogP contribution in [-0.2, 0) is 51.1 Å². The molecule has 57 heavy (non-hydrogen) atoms. The molecule has 2 heterocycles. The van der Waals surface area contributed by atoms with Crippen molar-refractivity contribution in [2.45, 2.75) is 35.0 Å². The highest BCUT2D eigenvalue weighted by atomic mass is 32.3. The molecule has 3 aromatic carbocycles. The number of hydrogen-bond acceptors (Lipinski definition) is 17. The summed E-state index contributed by atoms with van der Waals surface area (Å²) in [5, 5.41) is 25.1. The Bertz CT molecular complexity index is 2930.